The van der Waals surface area contributed by atoms with Crippen LogP contribution in [0, 0.1) is 15.5 Å². The molecular weight excluding hydrogens is 320 g/mol. The van der Waals surface area contributed by atoms with Gasteiger partial charge in [-0.05, 0) is 30.4 Å². The summed E-state index contributed by atoms with van der Waals surface area (Å²) in [6.45, 7) is 5.10. The van der Waals surface area contributed by atoms with E-state index >= 15 is 0 Å². The van der Waals surface area contributed by atoms with Crippen LogP contribution in [0.4, 0.5) is 5.69 Å². The minimum absolute atomic E-state index is 0.189. The molecule has 0 radical (unpaired) electrons. The molecule has 4 nitrogen and oxygen atoms in total. The van der Waals surface area contributed by atoms with Crippen molar-refractivity contribution in [2.24, 2.45) is 5.41 Å². The highest BCUT2D eigenvalue weighted by Crippen LogP contribution is 2.35. The van der Waals surface area contributed by atoms with E-state index in [0.29, 0.717) is 12.6 Å². The summed E-state index contributed by atoms with van der Waals surface area (Å²) in [5.41, 5.74) is 1.19. The first kappa shape index (κ1) is 15.4. The van der Waals surface area contributed by atoms with E-state index in [-0.39, 0.29) is 16.0 Å². The van der Waals surface area contributed by atoms with E-state index in [1.807, 2.05) is 6.07 Å². The average Bonchev–Trinajstić information content (AvgIpc) is 2.36. The third-order valence-electron chi connectivity index (χ3n) is 4.28. The zero-order chi connectivity index (χ0) is 14.8. The molecule has 0 spiro atoms. The Morgan fingerprint density at radius 2 is 2.20 bits per heavy atom. The Balaban J connectivity index is 2.10. The van der Waals surface area contributed by atoms with Crippen molar-refractivity contribution in [2.75, 3.05) is 0 Å². The fraction of sp³-hybridized carbons (Fsp3) is 0.600. The van der Waals surface area contributed by atoms with Crippen LogP contribution in [0.3, 0.4) is 0 Å². The molecular formula is C15H21BrN2O2. The molecule has 1 aromatic carbocycles. The Morgan fingerprint density at radius 3 is 2.85 bits per heavy atom. The molecule has 0 bridgehead atoms. The third kappa shape index (κ3) is 3.58. The zero-order valence-electron chi connectivity index (χ0n) is 12.0. The number of rotatable bonds is 4. The molecule has 0 aliphatic heterocycles. The molecule has 1 aliphatic carbocycles. The lowest BCUT2D eigenvalue weighted by atomic mass is 9.73. The number of nitro groups is 1. The Labute approximate surface area is 128 Å². The molecule has 2 rings (SSSR count). The first-order valence-corrected chi connectivity index (χ1v) is 7.86. The van der Waals surface area contributed by atoms with Gasteiger partial charge in [-0.1, -0.05) is 42.6 Å². The van der Waals surface area contributed by atoms with Gasteiger partial charge in [-0.25, -0.2) is 0 Å². The van der Waals surface area contributed by atoms with Gasteiger partial charge in [0.25, 0.3) is 5.69 Å². The predicted octanol–water partition coefficient (Wildman–Crippen LogP) is 4.42. The molecule has 1 aromatic rings. The molecule has 1 N–H and O–H groups in total. The van der Waals surface area contributed by atoms with E-state index in [1.54, 1.807) is 12.1 Å². The maximum absolute atomic E-state index is 11.1. The lowest BCUT2D eigenvalue weighted by molar-refractivity contribution is -0.385. The smallest absolute Gasteiger partial charge is 0.273 e. The first-order valence-electron chi connectivity index (χ1n) is 7.06. The van der Waals surface area contributed by atoms with Crippen LogP contribution >= 0.6 is 15.9 Å². The van der Waals surface area contributed by atoms with Crippen molar-refractivity contribution in [1.82, 2.24) is 5.32 Å². The highest BCUT2D eigenvalue weighted by atomic mass is 79.9. The number of halogens is 1. The molecule has 0 heterocycles. The summed E-state index contributed by atoms with van der Waals surface area (Å²) in [5, 5.41) is 14.6. The lowest BCUT2D eigenvalue weighted by Gasteiger charge is -2.39. The standard InChI is InChI=1S/C15H21BrN2O2/c1-15(2)8-4-3-5-14(15)17-10-11-9-12(16)6-7-13(11)18(19)20/h6-7,9,14,17H,3-5,8,10H2,1-2H3. The predicted molar refractivity (Wildman–Crippen MR) is 83.7 cm³/mol. The van der Waals surface area contributed by atoms with Crippen molar-refractivity contribution in [3.63, 3.8) is 0 Å². The zero-order valence-corrected chi connectivity index (χ0v) is 13.6. The fourth-order valence-corrected chi connectivity index (χ4v) is 3.39. The van der Waals surface area contributed by atoms with Gasteiger partial charge in [0.05, 0.1) is 4.92 Å². The minimum Gasteiger partial charge on any atom is -0.309 e. The SMILES string of the molecule is CC1(C)CCCCC1NCc1cc(Br)ccc1[N+](=O)[O-]. The highest BCUT2D eigenvalue weighted by molar-refractivity contribution is 9.10. The second kappa shape index (κ2) is 6.22. The van der Waals surface area contributed by atoms with Crippen LogP contribution in [0.15, 0.2) is 22.7 Å². The summed E-state index contributed by atoms with van der Waals surface area (Å²) in [4.78, 5) is 10.8. The average molecular weight is 341 g/mol. The summed E-state index contributed by atoms with van der Waals surface area (Å²) in [5.74, 6) is 0. The number of hydrogen-bond donors (Lipinski definition) is 1. The van der Waals surface area contributed by atoms with Gasteiger partial charge in [0.2, 0.25) is 0 Å². The van der Waals surface area contributed by atoms with Gasteiger partial charge in [0.15, 0.2) is 0 Å². The van der Waals surface area contributed by atoms with Crippen molar-refractivity contribution in [2.45, 2.75) is 52.1 Å². The van der Waals surface area contributed by atoms with Gasteiger partial charge in [-0.15, -0.1) is 0 Å². The number of nitro benzene ring substituents is 1. The molecule has 1 aliphatic rings. The van der Waals surface area contributed by atoms with Crippen molar-refractivity contribution < 1.29 is 4.92 Å². The normalized spacial score (nSPS) is 21.6. The van der Waals surface area contributed by atoms with Crippen LogP contribution < -0.4 is 5.32 Å². The van der Waals surface area contributed by atoms with Crippen molar-refractivity contribution >= 4 is 21.6 Å². The largest absolute Gasteiger partial charge is 0.309 e. The second-order valence-corrected chi connectivity index (χ2v) is 7.11. The number of hydrogen-bond acceptors (Lipinski definition) is 3. The number of nitrogens with one attached hydrogen (secondary N) is 1. The van der Waals surface area contributed by atoms with Gasteiger partial charge in [0.1, 0.15) is 0 Å². The van der Waals surface area contributed by atoms with E-state index < -0.39 is 0 Å². The van der Waals surface area contributed by atoms with Gasteiger partial charge >= 0.3 is 0 Å². The van der Waals surface area contributed by atoms with Gasteiger partial charge < -0.3 is 5.32 Å². The summed E-state index contributed by atoms with van der Waals surface area (Å²) >= 11 is 3.38. The molecule has 110 valence electrons. The Hall–Kier alpha value is -0.940. The quantitative estimate of drug-likeness (QED) is 0.652. The molecule has 0 amide bonds. The number of benzene rings is 1. The molecule has 0 saturated heterocycles. The van der Waals surface area contributed by atoms with Crippen LogP contribution in [0.1, 0.15) is 45.1 Å². The van der Waals surface area contributed by atoms with Gasteiger partial charge in [-0.2, -0.15) is 0 Å². The fourth-order valence-electron chi connectivity index (χ4n) is 2.98. The van der Waals surface area contributed by atoms with Gasteiger partial charge in [-0.3, -0.25) is 10.1 Å². The number of nitrogens with zero attached hydrogens (tertiary/aromatic N) is 1. The molecule has 1 fully saturated rings. The first-order chi connectivity index (χ1) is 9.40. The summed E-state index contributed by atoms with van der Waals surface area (Å²) < 4.78 is 0.878. The highest BCUT2D eigenvalue weighted by Gasteiger charge is 2.32. The van der Waals surface area contributed by atoms with E-state index in [9.17, 15) is 10.1 Å². The van der Waals surface area contributed by atoms with Crippen LogP contribution in [0.25, 0.3) is 0 Å². The molecule has 5 heteroatoms. The van der Waals surface area contributed by atoms with E-state index in [4.69, 9.17) is 0 Å². The van der Waals surface area contributed by atoms with Crippen LogP contribution in [0.2, 0.25) is 0 Å². The summed E-state index contributed by atoms with van der Waals surface area (Å²) in [6, 6.07) is 5.54. The maximum atomic E-state index is 11.1. The summed E-state index contributed by atoms with van der Waals surface area (Å²) in [6.07, 6.45) is 4.88. The van der Waals surface area contributed by atoms with Crippen molar-refractivity contribution in [1.29, 1.82) is 0 Å². The topological polar surface area (TPSA) is 55.2 Å². The van der Waals surface area contributed by atoms with Crippen molar-refractivity contribution in [3.8, 4) is 0 Å². The van der Waals surface area contributed by atoms with Crippen LogP contribution in [-0.2, 0) is 6.54 Å². The Kier molecular flexibility index (Phi) is 4.81. The lowest BCUT2D eigenvalue weighted by Crippen LogP contribution is -2.43. The molecule has 1 saturated carbocycles. The van der Waals surface area contributed by atoms with Gasteiger partial charge in [0, 0.05) is 28.7 Å². The van der Waals surface area contributed by atoms with E-state index in [2.05, 4.69) is 35.1 Å². The van der Waals surface area contributed by atoms with E-state index in [1.165, 1.54) is 19.3 Å². The molecule has 20 heavy (non-hydrogen) atoms. The summed E-state index contributed by atoms with van der Waals surface area (Å²) in [7, 11) is 0. The second-order valence-electron chi connectivity index (χ2n) is 6.20. The Morgan fingerprint density at radius 1 is 1.45 bits per heavy atom. The Bertz CT molecular complexity index is 503. The van der Waals surface area contributed by atoms with Crippen LogP contribution in [-0.4, -0.2) is 11.0 Å². The minimum atomic E-state index is -0.310. The molecule has 1 atom stereocenters. The van der Waals surface area contributed by atoms with Crippen LogP contribution in [0.5, 0.6) is 0 Å². The third-order valence-corrected chi connectivity index (χ3v) is 4.78. The van der Waals surface area contributed by atoms with Crippen molar-refractivity contribution in [3.05, 3.63) is 38.3 Å². The maximum Gasteiger partial charge on any atom is 0.273 e. The molecule has 1 unspecified atom stereocenters. The van der Waals surface area contributed by atoms with E-state index in [0.717, 1.165) is 16.5 Å². The monoisotopic (exact) mass is 340 g/mol. The molecule has 0 aromatic heterocycles.